The van der Waals surface area contributed by atoms with E-state index in [1.165, 1.54) is 166 Å². The third kappa shape index (κ3) is 32.1. The Bertz CT molecular complexity index is 4550. The molecule has 131 heavy (non-hydrogen) atoms. The van der Waals surface area contributed by atoms with E-state index in [-0.39, 0.29) is 17.3 Å². The van der Waals surface area contributed by atoms with Crippen molar-refractivity contribution < 1.29 is 17.6 Å². The van der Waals surface area contributed by atoms with Gasteiger partial charge in [0, 0.05) is 230 Å². The maximum absolute atomic E-state index is 12.8. The number of aromatic nitrogens is 14. The van der Waals surface area contributed by atoms with Gasteiger partial charge in [0.25, 0.3) is 0 Å². The van der Waals surface area contributed by atoms with Crippen molar-refractivity contribution in [3.8, 4) is 0 Å². The second-order valence-corrected chi connectivity index (χ2v) is 39.5. The molecule has 0 unspecified atom stereocenters. The van der Waals surface area contributed by atoms with Crippen LogP contribution in [0.15, 0.2) is 73.4 Å². The number of rotatable bonds is 0. The number of hydrogen-bond acceptors (Lipinski definition) is 0. The zero-order valence-electron chi connectivity index (χ0n) is 87.9. The quantitative estimate of drug-likeness (QED) is 0.136. The molecular formula is C104H153Br4Cl5F4N14. The fourth-order valence-corrected chi connectivity index (χ4v) is 16.8. The molecule has 14 heterocycles. The third-order valence-electron chi connectivity index (χ3n) is 25.7. The Hall–Kier alpha value is -6.99. The van der Waals surface area contributed by atoms with Crippen LogP contribution in [0.2, 0.25) is 25.5 Å². The molecule has 0 aromatic carbocycles. The van der Waals surface area contributed by atoms with E-state index in [1.54, 1.807) is 45.5 Å². The van der Waals surface area contributed by atoms with Crippen LogP contribution in [0.1, 0.15) is 191 Å². The van der Waals surface area contributed by atoms with Crippen molar-refractivity contribution in [1.82, 2.24) is 63.9 Å². The molecule has 0 bridgehead atoms. The lowest BCUT2D eigenvalue weighted by molar-refractivity contribution is 0.523. The molecule has 0 saturated heterocycles. The largest absolute Gasteiger partial charge is 0.354 e. The minimum Gasteiger partial charge on any atom is -0.354 e. The maximum atomic E-state index is 12.8. The lowest BCUT2D eigenvalue weighted by atomic mass is 10.2. The van der Waals surface area contributed by atoms with Crippen LogP contribution >= 0.6 is 122 Å². The highest BCUT2D eigenvalue weighted by Gasteiger charge is 2.17. The lowest BCUT2D eigenvalue weighted by Gasteiger charge is -1.98. The van der Waals surface area contributed by atoms with Crippen LogP contribution in [0.4, 0.5) is 17.6 Å². The fourth-order valence-electron chi connectivity index (χ4n) is 13.6. The molecule has 730 valence electrons. The Balaban J connectivity index is 0.000000706. The van der Waals surface area contributed by atoms with Gasteiger partial charge >= 0.3 is 0 Å². The molecule has 0 aliphatic carbocycles. The monoisotopic (exact) mass is 2160 g/mol. The van der Waals surface area contributed by atoms with Crippen molar-refractivity contribution in [2.24, 2.45) is 98.7 Å². The summed E-state index contributed by atoms with van der Waals surface area (Å²) >= 11 is 43.4. The van der Waals surface area contributed by atoms with Crippen molar-refractivity contribution in [1.29, 1.82) is 0 Å². The van der Waals surface area contributed by atoms with E-state index < -0.39 is 11.8 Å². The normalized spacial score (nSPS) is 10.3. The van der Waals surface area contributed by atoms with Gasteiger partial charge in [0.2, 0.25) is 0 Å². The molecule has 14 aromatic rings. The number of halogens is 13. The van der Waals surface area contributed by atoms with Crippen LogP contribution in [0.5, 0.6) is 0 Å². The molecule has 14 aromatic heterocycles. The van der Waals surface area contributed by atoms with Gasteiger partial charge in [-0.3, -0.25) is 0 Å². The summed E-state index contributed by atoms with van der Waals surface area (Å²) in [6.07, 6.45) is 8.09. The van der Waals surface area contributed by atoms with Crippen molar-refractivity contribution in [2.45, 2.75) is 235 Å². The fraction of sp³-hybridized carbons (Fsp3) is 0.462. The van der Waals surface area contributed by atoms with E-state index in [0.717, 1.165) is 75.0 Å². The second kappa shape index (κ2) is 53.5. The first-order valence-corrected chi connectivity index (χ1v) is 48.2. The average molecular weight is 2170 g/mol. The Morgan fingerprint density at radius 2 is 0.588 bits per heavy atom. The maximum Gasteiger partial charge on any atom is 0.199 e. The summed E-state index contributed by atoms with van der Waals surface area (Å²) in [6, 6.07) is 10.4. The Morgan fingerprint density at radius 1 is 0.206 bits per heavy atom. The van der Waals surface area contributed by atoms with Crippen molar-refractivity contribution in [2.75, 3.05) is 0 Å². The van der Waals surface area contributed by atoms with Crippen LogP contribution in [0.25, 0.3) is 0 Å². The van der Waals surface area contributed by atoms with Gasteiger partial charge in [-0.1, -0.05) is 58.0 Å². The highest BCUT2D eigenvalue weighted by Crippen LogP contribution is 2.32. The van der Waals surface area contributed by atoms with Crippen molar-refractivity contribution in [3.05, 3.63) is 314 Å². The molecule has 0 aliphatic heterocycles. The summed E-state index contributed by atoms with van der Waals surface area (Å²) in [4.78, 5) is 0. The Morgan fingerprint density at radius 3 is 0.695 bits per heavy atom. The topological polar surface area (TPSA) is 69.0 Å². The van der Waals surface area contributed by atoms with Gasteiger partial charge in [-0.2, -0.15) is 8.78 Å². The highest BCUT2D eigenvalue weighted by molar-refractivity contribution is 9.11. The zero-order valence-corrected chi connectivity index (χ0v) is 98.0. The van der Waals surface area contributed by atoms with E-state index >= 15 is 0 Å². The molecule has 0 spiro atoms. The number of nitrogens with zero attached hydrogens (tertiary/aromatic N) is 14. The van der Waals surface area contributed by atoms with Gasteiger partial charge in [0.05, 0.1) is 35.2 Å². The van der Waals surface area contributed by atoms with Gasteiger partial charge in [-0.05, 0) is 407 Å². The van der Waals surface area contributed by atoms with Crippen LogP contribution in [0.3, 0.4) is 0 Å². The van der Waals surface area contributed by atoms with E-state index in [2.05, 4.69) is 313 Å². The van der Waals surface area contributed by atoms with Crippen LogP contribution in [0, 0.1) is 259 Å². The van der Waals surface area contributed by atoms with Gasteiger partial charge in [-0.25, -0.2) is 8.78 Å². The van der Waals surface area contributed by atoms with Crippen molar-refractivity contribution in [3.63, 3.8) is 0 Å². The molecule has 14 rings (SSSR count). The smallest absolute Gasteiger partial charge is 0.199 e. The van der Waals surface area contributed by atoms with E-state index in [0.29, 0.717) is 11.4 Å². The van der Waals surface area contributed by atoms with Crippen molar-refractivity contribution >= 4 is 122 Å². The molecule has 0 N–H and O–H groups in total. The predicted octanol–water partition coefficient (Wildman–Crippen LogP) is 31.7. The zero-order chi connectivity index (χ0) is 103. The van der Waals surface area contributed by atoms with Gasteiger partial charge < -0.3 is 63.9 Å². The van der Waals surface area contributed by atoms with E-state index in [1.807, 2.05) is 135 Å². The first-order valence-electron chi connectivity index (χ1n) is 43.2. The molecule has 0 aliphatic rings. The SMILES string of the molecule is Cc1c(Br)c(C)n(C)c1Br.Cc1c(C)c(Br)n(C)c1C.Cc1c(C)c(C)n(C)c1C.Cc1c(C)c(Cl)n(C)c1C.Cc1c(Cl)c(C)n(C)c1Cl.Cc1c(F)c(C)n(C)c1F.Cc1cc(C)n(C)c1.Cc1cc(C)n(C)c1Br.Cc1cc(C)n(C)c1C.Cc1cc(C)n(C)c1Cl.Cc1cc(C)n(C)c1F.Cc1cn(C)c(C)c1C.Cc1cn(C)c(C)c1Cl.Cc1cn(C)c(C)c1F. The Labute approximate surface area is 843 Å². The standard InChI is InChI=1S/C9H15N.C8H12BrN.C8H12ClN.2C8H13N.C7H9Br2N.C7H10BrN.C7H9Cl2N.2C7H10ClN.C7H9F2N.2C7H10FN.C7H11N/c1-6-7(2)9(4)10(5)8(6)3;2*1-5-6(2)8(9)10(4)7(5)3;1-6-5-9(4)8(3)7(6)2;1-6-5-7(2)9(4)8(6)3;1-4-6(8)5(2)10(3)7(4)9;1-5-4-6(2)9(3)7(5)8;1-4-6(8)5(2)10(3)7(4)9;1-5-4-9(3)6(2)7(5)8;1-5-4-6(2)9(3)7(5)8;1-4-6(8)5(2)10(3)7(4)9;1-5-4-9(3)6(2)7(5)8;1-5-4-6(2)9(3)7(5)8;1-6-4-7(2)8(3)5-6/h1-5H3;2*1-4H3;2*5H,1-4H3;1-3H3;4H,1-3H3;1-3H3;2*4H,1-3H3;1-3H3;2*4H,1-3H3;4-5H,1-3H3. The summed E-state index contributed by atoms with van der Waals surface area (Å²) in [5.41, 5.74) is 39.6. The molecular weight excluding hydrogens is 2020 g/mol. The lowest BCUT2D eigenvalue weighted by Crippen LogP contribution is -1.94. The number of hydrogen-bond donors (Lipinski definition) is 0. The first kappa shape index (κ1) is 122. The van der Waals surface area contributed by atoms with Crippen LogP contribution in [-0.2, 0) is 98.7 Å². The van der Waals surface area contributed by atoms with E-state index in [4.69, 9.17) is 58.0 Å². The molecule has 0 saturated carbocycles. The molecule has 27 heteroatoms. The molecule has 0 fully saturated rings. The minimum atomic E-state index is -0.491. The third-order valence-corrected chi connectivity index (χ3v) is 33.0. The Kier molecular flexibility index (Phi) is 49.8. The predicted molar refractivity (Wildman–Crippen MR) is 573 cm³/mol. The van der Waals surface area contributed by atoms with Gasteiger partial charge in [0.1, 0.15) is 27.1 Å². The number of aryl methyl sites for hydroxylation is 17. The molecule has 14 nitrogen and oxygen atoms in total. The molecule has 0 atom stereocenters. The summed E-state index contributed by atoms with van der Waals surface area (Å²) in [7, 11) is 27.4. The van der Waals surface area contributed by atoms with Crippen LogP contribution < -0.4 is 0 Å². The highest BCUT2D eigenvalue weighted by atomic mass is 79.9. The minimum absolute atomic E-state index is 0.0856. The molecule has 0 amide bonds. The average Bonchev–Trinajstić information content (AvgIpc) is 1.69. The summed E-state index contributed by atoms with van der Waals surface area (Å²) in [5.74, 6) is -1.15. The summed E-state index contributed by atoms with van der Waals surface area (Å²) in [6.45, 7) is 68.8. The van der Waals surface area contributed by atoms with E-state index in [9.17, 15) is 17.6 Å². The summed E-state index contributed by atoms with van der Waals surface area (Å²) < 4.78 is 83.2. The first-order chi connectivity index (χ1) is 59.9. The van der Waals surface area contributed by atoms with Gasteiger partial charge in [0.15, 0.2) is 11.9 Å². The summed E-state index contributed by atoms with van der Waals surface area (Å²) in [5, 5.41) is 4.08. The molecule has 0 radical (unpaired) electrons. The van der Waals surface area contributed by atoms with Crippen LogP contribution in [-0.4, -0.2) is 63.9 Å². The second-order valence-electron chi connectivity index (χ2n) is 34.6. The van der Waals surface area contributed by atoms with Gasteiger partial charge in [-0.15, -0.1) is 0 Å².